The molecule has 2 atom stereocenters. The molecule has 0 aliphatic heterocycles. The van der Waals surface area contributed by atoms with Gasteiger partial charge in [-0.15, -0.1) is 0 Å². The molecule has 0 spiro atoms. The third kappa shape index (κ3) is 3.89. The summed E-state index contributed by atoms with van der Waals surface area (Å²) in [6.07, 6.45) is -0.0252. The van der Waals surface area contributed by atoms with E-state index >= 15 is 0 Å². The van der Waals surface area contributed by atoms with Crippen LogP contribution in [0, 0.1) is 17.2 Å². The second-order valence-corrected chi connectivity index (χ2v) is 5.53. The first-order valence-corrected chi connectivity index (χ1v) is 7.31. The maximum absolute atomic E-state index is 12.8. The van der Waals surface area contributed by atoms with Gasteiger partial charge in [0.2, 0.25) is 0 Å². The van der Waals surface area contributed by atoms with E-state index in [1.54, 1.807) is 0 Å². The summed E-state index contributed by atoms with van der Waals surface area (Å²) in [5.74, 6) is -0.0898. The van der Waals surface area contributed by atoms with Crippen LogP contribution in [0.2, 0.25) is 0 Å². The van der Waals surface area contributed by atoms with Crippen molar-refractivity contribution in [1.29, 1.82) is 5.26 Å². The molecule has 4 nitrogen and oxygen atoms in total. The van der Waals surface area contributed by atoms with Crippen LogP contribution in [0.25, 0.3) is 0 Å². The molecule has 1 aromatic heterocycles. The zero-order valence-electron chi connectivity index (χ0n) is 12.0. The number of aliphatic hydroxyl groups excluding tert-OH is 1. The van der Waals surface area contributed by atoms with Gasteiger partial charge in [0.1, 0.15) is 17.6 Å². The predicted octanol–water partition coefficient (Wildman–Crippen LogP) is 3.33. The van der Waals surface area contributed by atoms with Gasteiger partial charge in [-0.05, 0) is 25.0 Å². The summed E-state index contributed by atoms with van der Waals surface area (Å²) in [4.78, 5) is 3.57. The first kappa shape index (κ1) is 16.6. The van der Waals surface area contributed by atoms with Gasteiger partial charge in [-0.1, -0.05) is 19.3 Å². The number of alkyl halides is 3. The molecule has 0 amide bonds. The molecular weight excluding hydrogens is 295 g/mol. The molecule has 1 aliphatic rings. The van der Waals surface area contributed by atoms with E-state index in [1.807, 2.05) is 6.07 Å². The molecule has 0 radical (unpaired) electrons. The number of rotatable bonds is 3. The SMILES string of the molecule is N#Cc1ccc(C(F)(F)F)nc1N[C@@H]1CCCCC[C@@H]1CO. The number of aromatic nitrogens is 1. The van der Waals surface area contributed by atoms with Crippen LogP contribution in [-0.4, -0.2) is 22.7 Å². The normalized spacial score (nSPS) is 22.7. The first-order chi connectivity index (χ1) is 10.5. The standard InChI is InChI=1S/C15H18F3N3O/c16-15(17,18)13-7-6-10(8-19)14(21-13)20-12-5-3-1-2-4-11(12)9-22/h6-7,11-12,22H,1-5,9H2,(H,20,21)/t11-,12-/m1/s1. The molecule has 7 heteroatoms. The summed E-state index contributed by atoms with van der Waals surface area (Å²) in [5.41, 5.74) is -0.947. The summed E-state index contributed by atoms with van der Waals surface area (Å²) in [6.45, 7) is -0.0293. The molecule has 1 fully saturated rings. The van der Waals surface area contributed by atoms with Crippen LogP contribution in [-0.2, 0) is 6.18 Å². The largest absolute Gasteiger partial charge is 0.433 e. The molecule has 120 valence electrons. The fourth-order valence-electron chi connectivity index (χ4n) is 2.79. The number of nitriles is 1. The van der Waals surface area contributed by atoms with Crippen molar-refractivity contribution in [2.75, 3.05) is 11.9 Å². The van der Waals surface area contributed by atoms with E-state index in [4.69, 9.17) is 5.26 Å². The second kappa shape index (κ2) is 6.97. The minimum Gasteiger partial charge on any atom is -0.396 e. The van der Waals surface area contributed by atoms with Gasteiger partial charge in [0.15, 0.2) is 0 Å². The average Bonchev–Trinajstić information content (AvgIpc) is 2.71. The number of nitrogens with one attached hydrogen (secondary N) is 1. The lowest BCUT2D eigenvalue weighted by atomic mass is 9.95. The van der Waals surface area contributed by atoms with Crippen LogP contribution in [0.4, 0.5) is 19.0 Å². The summed E-state index contributed by atoms with van der Waals surface area (Å²) < 4.78 is 38.3. The van der Waals surface area contributed by atoms with E-state index in [0.717, 1.165) is 44.2 Å². The zero-order chi connectivity index (χ0) is 16.2. The van der Waals surface area contributed by atoms with Crippen molar-refractivity contribution < 1.29 is 18.3 Å². The van der Waals surface area contributed by atoms with Gasteiger partial charge in [0.25, 0.3) is 0 Å². The first-order valence-electron chi connectivity index (χ1n) is 7.31. The predicted molar refractivity (Wildman–Crippen MR) is 75.0 cm³/mol. The van der Waals surface area contributed by atoms with Crippen molar-refractivity contribution in [3.8, 4) is 6.07 Å². The average molecular weight is 313 g/mol. The molecule has 1 aromatic rings. The Morgan fingerprint density at radius 2 is 2.00 bits per heavy atom. The maximum Gasteiger partial charge on any atom is 0.433 e. The van der Waals surface area contributed by atoms with E-state index in [1.165, 1.54) is 0 Å². The number of hydrogen-bond acceptors (Lipinski definition) is 4. The molecule has 1 heterocycles. The lowest BCUT2D eigenvalue weighted by Crippen LogP contribution is -2.31. The van der Waals surface area contributed by atoms with Crippen LogP contribution in [0.3, 0.4) is 0 Å². The van der Waals surface area contributed by atoms with Crippen molar-refractivity contribution in [2.45, 2.75) is 44.3 Å². The van der Waals surface area contributed by atoms with E-state index in [-0.39, 0.29) is 29.9 Å². The smallest absolute Gasteiger partial charge is 0.396 e. The van der Waals surface area contributed by atoms with E-state index in [2.05, 4.69) is 10.3 Å². The molecule has 1 saturated carbocycles. The highest BCUT2D eigenvalue weighted by molar-refractivity contribution is 5.53. The van der Waals surface area contributed by atoms with E-state index < -0.39 is 11.9 Å². The van der Waals surface area contributed by atoms with Crippen molar-refractivity contribution in [2.24, 2.45) is 5.92 Å². The Morgan fingerprint density at radius 1 is 1.27 bits per heavy atom. The Balaban J connectivity index is 2.28. The third-order valence-corrected chi connectivity index (χ3v) is 4.02. The van der Waals surface area contributed by atoms with Crippen molar-refractivity contribution >= 4 is 5.82 Å². The zero-order valence-corrected chi connectivity index (χ0v) is 12.0. The van der Waals surface area contributed by atoms with E-state index in [0.29, 0.717) is 0 Å². The number of halogens is 3. The number of pyridine rings is 1. The Morgan fingerprint density at radius 3 is 2.64 bits per heavy atom. The lowest BCUT2D eigenvalue weighted by Gasteiger charge is -2.25. The maximum atomic E-state index is 12.8. The van der Waals surface area contributed by atoms with Gasteiger partial charge in [-0.3, -0.25) is 0 Å². The van der Waals surface area contributed by atoms with Crippen molar-refractivity contribution in [3.05, 3.63) is 23.4 Å². The minimum absolute atomic E-state index is 0.0293. The van der Waals surface area contributed by atoms with Gasteiger partial charge < -0.3 is 10.4 Å². The quantitative estimate of drug-likeness (QED) is 0.840. The molecule has 1 aliphatic carbocycles. The molecular formula is C15H18F3N3O. The number of aliphatic hydroxyl groups is 1. The molecule has 22 heavy (non-hydrogen) atoms. The number of anilines is 1. The highest BCUT2D eigenvalue weighted by Crippen LogP contribution is 2.31. The Kier molecular flexibility index (Phi) is 5.24. The Hall–Kier alpha value is -1.81. The van der Waals surface area contributed by atoms with Gasteiger partial charge in [0.05, 0.1) is 5.56 Å². The van der Waals surface area contributed by atoms with Crippen molar-refractivity contribution in [1.82, 2.24) is 4.98 Å². The molecule has 0 aromatic carbocycles. The number of hydrogen-bond donors (Lipinski definition) is 2. The monoisotopic (exact) mass is 313 g/mol. The molecule has 2 N–H and O–H groups in total. The van der Waals surface area contributed by atoms with Gasteiger partial charge in [0, 0.05) is 18.6 Å². The van der Waals surface area contributed by atoms with Crippen LogP contribution in [0.5, 0.6) is 0 Å². The fourth-order valence-corrected chi connectivity index (χ4v) is 2.79. The summed E-state index contributed by atoms with van der Waals surface area (Å²) in [5, 5.41) is 21.5. The van der Waals surface area contributed by atoms with Gasteiger partial charge in [-0.2, -0.15) is 18.4 Å². The molecule has 0 unspecified atom stereocenters. The molecule has 2 rings (SSSR count). The molecule has 0 saturated heterocycles. The van der Waals surface area contributed by atoms with Crippen LogP contribution in [0.15, 0.2) is 12.1 Å². The fraction of sp³-hybridized carbons (Fsp3) is 0.600. The summed E-state index contributed by atoms with van der Waals surface area (Å²) in [7, 11) is 0. The van der Waals surface area contributed by atoms with E-state index in [9.17, 15) is 18.3 Å². The Labute approximate surface area is 127 Å². The number of nitrogens with zero attached hydrogens (tertiary/aromatic N) is 2. The van der Waals surface area contributed by atoms with Crippen LogP contribution in [0.1, 0.15) is 43.4 Å². The lowest BCUT2D eigenvalue weighted by molar-refractivity contribution is -0.141. The van der Waals surface area contributed by atoms with Gasteiger partial charge in [-0.25, -0.2) is 4.98 Å². The minimum atomic E-state index is -4.55. The second-order valence-electron chi connectivity index (χ2n) is 5.53. The van der Waals surface area contributed by atoms with Gasteiger partial charge >= 0.3 is 6.18 Å². The van der Waals surface area contributed by atoms with Crippen molar-refractivity contribution in [3.63, 3.8) is 0 Å². The summed E-state index contributed by atoms with van der Waals surface area (Å²) in [6, 6.07) is 3.62. The highest BCUT2D eigenvalue weighted by Gasteiger charge is 2.33. The topological polar surface area (TPSA) is 68.9 Å². The Bertz CT molecular complexity index is 554. The van der Waals surface area contributed by atoms with Crippen LogP contribution >= 0.6 is 0 Å². The molecule has 0 bridgehead atoms. The van der Waals surface area contributed by atoms with Crippen LogP contribution < -0.4 is 5.32 Å². The highest BCUT2D eigenvalue weighted by atomic mass is 19.4. The summed E-state index contributed by atoms with van der Waals surface area (Å²) >= 11 is 0. The third-order valence-electron chi connectivity index (χ3n) is 4.02.